The molecule has 124 valence electrons. The highest BCUT2D eigenvalue weighted by Gasteiger charge is 2.32. The molecule has 0 aromatic carbocycles. The van der Waals surface area contributed by atoms with E-state index in [9.17, 15) is 9.59 Å². The van der Waals surface area contributed by atoms with E-state index in [0.717, 1.165) is 24.8 Å². The van der Waals surface area contributed by atoms with Crippen LogP contribution < -0.4 is 5.56 Å². The maximum Gasteiger partial charge on any atom is 0.279 e. The summed E-state index contributed by atoms with van der Waals surface area (Å²) >= 11 is 1.59. The number of nitrogens with zero attached hydrogens (tertiary/aromatic N) is 3. The third kappa shape index (κ3) is 2.73. The Hall–Kier alpha value is -1.56. The maximum atomic E-state index is 12.8. The van der Waals surface area contributed by atoms with Crippen molar-refractivity contribution < 1.29 is 4.79 Å². The van der Waals surface area contributed by atoms with E-state index in [1.54, 1.807) is 18.3 Å². The third-order valence-corrected chi connectivity index (χ3v) is 6.22. The highest BCUT2D eigenvalue weighted by atomic mass is 32.1. The minimum atomic E-state index is -0.569. The van der Waals surface area contributed by atoms with Crippen LogP contribution in [0.5, 0.6) is 0 Å². The second-order valence-corrected chi connectivity index (χ2v) is 8.70. The topological polar surface area (TPSA) is 64.8 Å². The molecule has 1 aliphatic carbocycles. The summed E-state index contributed by atoms with van der Waals surface area (Å²) in [4.78, 5) is 26.4. The molecule has 1 aliphatic rings. The summed E-state index contributed by atoms with van der Waals surface area (Å²) in [6.07, 6.45) is 3.00. The van der Waals surface area contributed by atoms with Crippen LogP contribution in [0.3, 0.4) is 0 Å². The Bertz CT molecular complexity index is 829. The van der Waals surface area contributed by atoms with Crippen molar-refractivity contribution in [2.45, 2.75) is 59.9 Å². The molecule has 0 unspecified atom stereocenters. The zero-order chi connectivity index (χ0) is 16.9. The van der Waals surface area contributed by atoms with Gasteiger partial charge in [0.05, 0.1) is 5.39 Å². The van der Waals surface area contributed by atoms with Crippen LogP contribution in [0.4, 0.5) is 0 Å². The van der Waals surface area contributed by atoms with Crippen LogP contribution in [0.15, 0.2) is 4.79 Å². The standard InChI is InChI=1S/C17H23N3O2S/c1-9(10(2)21)20-16(22)14-12-7-6-11(17(3,4)5)8-13(12)23-15(14)18-19-20/h9,11H,6-8H2,1-5H3/t9-,11-/m1/s1. The molecule has 0 aliphatic heterocycles. The summed E-state index contributed by atoms with van der Waals surface area (Å²) in [6, 6.07) is -0.569. The first-order valence-corrected chi connectivity index (χ1v) is 8.92. The van der Waals surface area contributed by atoms with Crippen LogP contribution >= 0.6 is 11.3 Å². The number of aromatic nitrogens is 3. The van der Waals surface area contributed by atoms with Gasteiger partial charge in [-0.2, -0.15) is 0 Å². The molecule has 0 radical (unpaired) electrons. The number of hydrogen-bond acceptors (Lipinski definition) is 5. The van der Waals surface area contributed by atoms with Gasteiger partial charge in [-0.1, -0.05) is 26.0 Å². The minimum Gasteiger partial charge on any atom is -0.298 e. The van der Waals surface area contributed by atoms with E-state index in [0.29, 0.717) is 16.1 Å². The number of aryl methyl sites for hydroxylation is 1. The molecule has 2 aromatic rings. The van der Waals surface area contributed by atoms with Crippen molar-refractivity contribution in [3.63, 3.8) is 0 Å². The van der Waals surface area contributed by atoms with Gasteiger partial charge in [0.2, 0.25) is 0 Å². The van der Waals surface area contributed by atoms with Crippen LogP contribution in [-0.2, 0) is 17.6 Å². The molecule has 3 rings (SSSR count). The molecule has 6 heteroatoms. The normalized spacial score (nSPS) is 19.6. The van der Waals surface area contributed by atoms with Crippen molar-refractivity contribution in [2.75, 3.05) is 0 Å². The summed E-state index contributed by atoms with van der Waals surface area (Å²) < 4.78 is 1.23. The van der Waals surface area contributed by atoms with Crippen molar-refractivity contribution in [1.29, 1.82) is 0 Å². The van der Waals surface area contributed by atoms with Crippen LogP contribution in [0.2, 0.25) is 0 Å². The molecule has 2 atom stereocenters. The monoisotopic (exact) mass is 333 g/mol. The van der Waals surface area contributed by atoms with Gasteiger partial charge in [-0.15, -0.1) is 16.4 Å². The third-order valence-electron chi connectivity index (χ3n) is 5.08. The fraction of sp³-hybridized carbons (Fsp3) is 0.647. The molecular weight excluding hydrogens is 310 g/mol. The second-order valence-electron chi connectivity index (χ2n) is 7.62. The van der Waals surface area contributed by atoms with Crippen LogP contribution in [0, 0.1) is 11.3 Å². The van der Waals surface area contributed by atoms with E-state index in [-0.39, 0.29) is 16.8 Å². The first-order valence-electron chi connectivity index (χ1n) is 8.10. The second kappa shape index (κ2) is 5.51. The Morgan fingerprint density at radius 2 is 2.09 bits per heavy atom. The van der Waals surface area contributed by atoms with E-state index in [1.807, 2.05) is 0 Å². The molecule has 0 saturated heterocycles. The molecule has 0 amide bonds. The van der Waals surface area contributed by atoms with Crippen molar-refractivity contribution in [2.24, 2.45) is 11.3 Å². The Balaban J connectivity index is 2.11. The molecule has 0 fully saturated rings. The zero-order valence-electron chi connectivity index (χ0n) is 14.3. The van der Waals surface area contributed by atoms with Gasteiger partial charge in [-0.05, 0) is 50.0 Å². The molecule has 2 aromatic heterocycles. The minimum absolute atomic E-state index is 0.0855. The lowest BCUT2D eigenvalue weighted by molar-refractivity contribution is -0.120. The van der Waals surface area contributed by atoms with Gasteiger partial charge in [0.25, 0.3) is 5.56 Å². The number of Topliss-reactive ketones (excluding diaryl/α,β-unsaturated/α-hetero) is 1. The highest BCUT2D eigenvalue weighted by Crippen LogP contribution is 2.41. The molecule has 23 heavy (non-hydrogen) atoms. The largest absolute Gasteiger partial charge is 0.298 e. The van der Waals surface area contributed by atoms with Gasteiger partial charge in [0.15, 0.2) is 10.6 Å². The van der Waals surface area contributed by atoms with Crippen molar-refractivity contribution in [3.8, 4) is 0 Å². The molecule has 0 saturated carbocycles. The number of carbonyl (C=O) groups excluding carboxylic acids is 1. The SMILES string of the molecule is CC(=O)[C@@H](C)n1nnc2sc3c(c2c1=O)CC[C@@H](C(C)(C)C)C3. The Morgan fingerprint density at radius 3 is 2.70 bits per heavy atom. The van der Waals surface area contributed by atoms with Crippen LogP contribution in [-0.4, -0.2) is 20.8 Å². The van der Waals surface area contributed by atoms with E-state index >= 15 is 0 Å². The Labute approximate surface area is 139 Å². The molecule has 2 heterocycles. The summed E-state index contributed by atoms with van der Waals surface area (Å²) in [7, 11) is 0. The summed E-state index contributed by atoms with van der Waals surface area (Å²) in [5.41, 5.74) is 1.22. The zero-order valence-corrected chi connectivity index (χ0v) is 15.2. The van der Waals surface area contributed by atoms with Gasteiger partial charge in [0, 0.05) is 4.88 Å². The van der Waals surface area contributed by atoms with E-state index in [4.69, 9.17) is 0 Å². The number of rotatable bonds is 2. The number of hydrogen-bond donors (Lipinski definition) is 0. The lowest BCUT2D eigenvalue weighted by Crippen LogP contribution is -2.31. The highest BCUT2D eigenvalue weighted by molar-refractivity contribution is 7.18. The van der Waals surface area contributed by atoms with Gasteiger partial charge in [-0.25, -0.2) is 4.68 Å². The summed E-state index contributed by atoms with van der Waals surface area (Å²) in [5.74, 6) is 0.534. The quantitative estimate of drug-likeness (QED) is 0.847. The van der Waals surface area contributed by atoms with Crippen LogP contribution in [0.25, 0.3) is 10.2 Å². The molecule has 0 spiro atoms. The first-order chi connectivity index (χ1) is 10.7. The molecule has 0 bridgehead atoms. The average molecular weight is 333 g/mol. The number of ketones is 1. The maximum absolute atomic E-state index is 12.8. The Morgan fingerprint density at radius 1 is 1.39 bits per heavy atom. The first kappa shape index (κ1) is 16.3. The summed E-state index contributed by atoms with van der Waals surface area (Å²) in [5, 5.41) is 8.88. The van der Waals surface area contributed by atoms with Gasteiger partial charge in [0.1, 0.15) is 6.04 Å². The fourth-order valence-electron chi connectivity index (χ4n) is 3.27. The van der Waals surface area contributed by atoms with Crippen molar-refractivity contribution in [1.82, 2.24) is 15.0 Å². The number of thiophene rings is 1. The Kier molecular flexibility index (Phi) is 3.91. The average Bonchev–Trinajstić information content (AvgIpc) is 2.84. The smallest absolute Gasteiger partial charge is 0.279 e. The van der Waals surface area contributed by atoms with Crippen molar-refractivity contribution in [3.05, 3.63) is 20.8 Å². The molecule has 0 N–H and O–H groups in total. The predicted octanol–water partition coefficient (Wildman–Crippen LogP) is 3.15. The van der Waals surface area contributed by atoms with Gasteiger partial charge >= 0.3 is 0 Å². The fourth-order valence-corrected chi connectivity index (χ4v) is 4.51. The van der Waals surface area contributed by atoms with Gasteiger partial charge in [-0.3, -0.25) is 9.59 Å². The van der Waals surface area contributed by atoms with E-state index in [1.165, 1.54) is 16.5 Å². The predicted molar refractivity (Wildman–Crippen MR) is 92.0 cm³/mol. The number of fused-ring (bicyclic) bond motifs is 3. The molecule has 5 nitrogen and oxygen atoms in total. The summed E-state index contributed by atoms with van der Waals surface area (Å²) in [6.45, 7) is 9.99. The van der Waals surface area contributed by atoms with Crippen LogP contribution in [0.1, 0.15) is 57.5 Å². The van der Waals surface area contributed by atoms with Gasteiger partial charge < -0.3 is 0 Å². The van der Waals surface area contributed by atoms with E-state index < -0.39 is 6.04 Å². The lowest BCUT2D eigenvalue weighted by Gasteiger charge is -2.33. The lowest BCUT2D eigenvalue weighted by atomic mass is 9.72. The number of carbonyl (C=O) groups is 1. The van der Waals surface area contributed by atoms with Crippen molar-refractivity contribution >= 4 is 27.3 Å². The van der Waals surface area contributed by atoms with E-state index in [2.05, 4.69) is 31.1 Å². The molecular formula is C17H23N3O2S.